The summed E-state index contributed by atoms with van der Waals surface area (Å²) in [7, 11) is 1.68. The molecule has 1 atom stereocenters. The second-order valence-electron chi connectivity index (χ2n) is 5.00. The van der Waals surface area contributed by atoms with Crippen LogP contribution in [-0.4, -0.2) is 22.8 Å². The van der Waals surface area contributed by atoms with E-state index in [1.54, 1.807) is 13.1 Å². The number of nitrogens with two attached hydrogens (primary N) is 1. The second kappa shape index (κ2) is 4.49. The lowest BCUT2D eigenvalue weighted by molar-refractivity contribution is 0.113. The average Bonchev–Trinajstić information content (AvgIpc) is 2.48. The lowest BCUT2D eigenvalue weighted by Gasteiger charge is -2.14. The third kappa shape index (κ3) is 2.58. The Hall–Kier alpha value is -0.970. The first-order chi connectivity index (χ1) is 7.27. The SMILES string of the molecule is Cn1nc(C(C)(C)C)cc1C(CN)C(F)F. The monoisotopic (exact) mass is 231 g/mol. The minimum atomic E-state index is -2.45. The Kier molecular flexibility index (Phi) is 3.68. The molecule has 0 amide bonds. The molecule has 3 nitrogen and oxygen atoms in total. The third-order valence-electron chi connectivity index (χ3n) is 2.62. The van der Waals surface area contributed by atoms with E-state index in [4.69, 9.17) is 5.73 Å². The van der Waals surface area contributed by atoms with Gasteiger partial charge < -0.3 is 5.73 Å². The van der Waals surface area contributed by atoms with Gasteiger partial charge in [0.1, 0.15) is 0 Å². The molecule has 0 saturated carbocycles. The highest BCUT2D eigenvalue weighted by Crippen LogP contribution is 2.27. The van der Waals surface area contributed by atoms with Crippen LogP contribution in [-0.2, 0) is 12.5 Å². The largest absolute Gasteiger partial charge is 0.330 e. The summed E-state index contributed by atoms with van der Waals surface area (Å²) in [4.78, 5) is 0. The Labute approximate surface area is 94.6 Å². The summed E-state index contributed by atoms with van der Waals surface area (Å²) in [6.45, 7) is 5.93. The van der Waals surface area contributed by atoms with Crippen molar-refractivity contribution >= 4 is 0 Å². The van der Waals surface area contributed by atoms with Crippen LogP contribution in [0.1, 0.15) is 38.1 Å². The summed E-state index contributed by atoms with van der Waals surface area (Å²) in [5.41, 5.74) is 6.54. The Morgan fingerprint density at radius 1 is 1.44 bits per heavy atom. The fraction of sp³-hybridized carbons (Fsp3) is 0.727. The molecule has 0 aliphatic carbocycles. The van der Waals surface area contributed by atoms with Gasteiger partial charge in [0.25, 0.3) is 0 Å². The predicted molar refractivity (Wildman–Crippen MR) is 59.7 cm³/mol. The van der Waals surface area contributed by atoms with Crippen LogP contribution < -0.4 is 5.73 Å². The third-order valence-corrected chi connectivity index (χ3v) is 2.62. The minimum absolute atomic E-state index is 0.0687. The van der Waals surface area contributed by atoms with E-state index in [2.05, 4.69) is 5.10 Å². The molecule has 92 valence electrons. The van der Waals surface area contributed by atoms with Gasteiger partial charge in [-0.1, -0.05) is 20.8 Å². The first-order valence-electron chi connectivity index (χ1n) is 5.30. The molecule has 0 radical (unpaired) electrons. The molecule has 0 saturated heterocycles. The van der Waals surface area contributed by atoms with Gasteiger partial charge in [-0.25, -0.2) is 8.78 Å². The first kappa shape index (κ1) is 13.1. The number of nitrogens with zero attached hydrogens (tertiary/aromatic N) is 2. The molecule has 0 spiro atoms. The Balaban J connectivity index is 3.11. The fourth-order valence-electron chi connectivity index (χ4n) is 1.55. The standard InChI is InChI=1S/C11H19F2N3/c1-11(2,3)9-5-8(16(4)15-9)7(6-14)10(12)13/h5,7,10H,6,14H2,1-4H3. The summed E-state index contributed by atoms with van der Waals surface area (Å²) in [6, 6.07) is 1.73. The van der Waals surface area contributed by atoms with Crippen molar-refractivity contribution in [1.82, 2.24) is 9.78 Å². The molecular formula is C11H19F2N3. The summed E-state index contributed by atoms with van der Waals surface area (Å²) >= 11 is 0. The van der Waals surface area contributed by atoms with Crippen molar-refractivity contribution in [3.8, 4) is 0 Å². The molecule has 1 heterocycles. The number of aryl methyl sites for hydroxylation is 1. The van der Waals surface area contributed by atoms with Gasteiger partial charge in [-0.15, -0.1) is 0 Å². The molecule has 1 aromatic heterocycles. The van der Waals surface area contributed by atoms with Crippen molar-refractivity contribution in [1.29, 1.82) is 0 Å². The van der Waals surface area contributed by atoms with Gasteiger partial charge >= 0.3 is 0 Å². The number of hydrogen-bond donors (Lipinski definition) is 1. The summed E-state index contributed by atoms with van der Waals surface area (Å²) in [5.74, 6) is -0.936. The number of halogens is 2. The van der Waals surface area contributed by atoms with Crippen LogP contribution >= 0.6 is 0 Å². The molecule has 1 aromatic rings. The number of rotatable bonds is 3. The molecular weight excluding hydrogens is 212 g/mol. The van der Waals surface area contributed by atoms with Crippen molar-refractivity contribution in [2.75, 3.05) is 6.54 Å². The molecule has 2 N–H and O–H groups in total. The van der Waals surface area contributed by atoms with Crippen LogP contribution in [0.25, 0.3) is 0 Å². The molecule has 0 aliphatic rings. The van der Waals surface area contributed by atoms with Crippen LogP contribution in [0, 0.1) is 0 Å². The molecule has 0 bridgehead atoms. The smallest absolute Gasteiger partial charge is 0.248 e. The van der Waals surface area contributed by atoms with E-state index < -0.39 is 12.3 Å². The zero-order valence-corrected chi connectivity index (χ0v) is 10.2. The van der Waals surface area contributed by atoms with E-state index in [0.717, 1.165) is 5.69 Å². The molecule has 0 fully saturated rings. The van der Waals surface area contributed by atoms with Gasteiger partial charge in [0.15, 0.2) is 0 Å². The molecule has 1 unspecified atom stereocenters. The van der Waals surface area contributed by atoms with Gasteiger partial charge in [0.2, 0.25) is 6.43 Å². The molecule has 16 heavy (non-hydrogen) atoms. The highest BCUT2D eigenvalue weighted by atomic mass is 19.3. The average molecular weight is 231 g/mol. The van der Waals surface area contributed by atoms with Crippen LogP contribution in [0.4, 0.5) is 8.78 Å². The highest BCUT2D eigenvalue weighted by Gasteiger charge is 2.27. The van der Waals surface area contributed by atoms with Gasteiger partial charge in [0.05, 0.1) is 11.6 Å². The normalized spacial score (nSPS) is 14.5. The topological polar surface area (TPSA) is 43.8 Å². The van der Waals surface area contributed by atoms with Crippen molar-refractivity contribution in [3.63, 3.8) is 0 Å². The fourth-order valence-corrected chi connectivity index (χ4v) is 1.55. The zero-order chi connectivity index (χ0) is 12.5. The van der Waals surface area contributed by atoms with Crippen molar-refractivity contribution < 1.29 is 8.78 Å². The molecule has 1 rings (SSSR count). The van der Waals surface area contributed by atoms with Crippen molar-refractivity contribution in [3.05, 3.63) is 17.5 Å². The highest BCUT2D eigenvalue weighted by molar-refractivity contribution is 5.21. The predicted octanol–water partition coefficient (Wildman–Crippen LogP) is 2.02. The van der Waals surface area contributed by atoms with E-state index in [1.165, 1.54) is 4.68 Å². The number of aromatic nitrogens is 2. The maximum atomic E-state index is 12.7. The first-order valence-corrected chi connectivity index (χ1v) is 5.30. The van der Waals surface area contributed by atoms with Crippen LogP contribution in [0.2, 0.25) is 0 Å². The van der Waals surface area contributed by atoms with Gasteiger partial charge in [-0.2, -0.15) is 5.10 Å². The molecule has 0 aliphatic heterocycles. The van der Waals surface area contributed by atoms with Crippen molar-refractivity contribution in [2.24, 2.45) is 12.8 Å². The van der Waals surface area contributed by atoms with Gasteiger partial charge in [-0.3, -0.25) is 4.68 Å². The Bertz CT molecular complexity index is 353. The van der Waals surface area contributed by atoms with Gasteiger partial charge in [-0.05, 0) is 6.07 Å². The lowest BCUT2D eigenvalue weighted by atomic mass is 9.91. The van der Waals surface area contributed by atoms with Crippen LogP contribution in [0.3, 0.4) is 0 Å². The van der Waals surface area contributed by atoms with E-state index in [0.29, 0.717) is 5.69 Å². The molecule has 5 heteroatoms. The summed E-state index contributed by atoms with van der Waals surface area (Å²) in [5, 5.41) is 4.26. The lowest BCUT2D eigenvalue weighted by Crippen LogP contribution is -2.22. The molecule has 0 aromatic carbocycles. The van der Waals surface area contributed by atoms with Crippen molar-refractivity contribution in [2.45, 2.75) is 38.5 Å². The second-order valence-corrected chi connectivity index (χ2v) is 5.00. The summed E-state index contributed by atoms with van der Waals surface area (Å²) < 4.78 is 27.0. The number of alkyl halides is 2. The van der Waals surface area contributed by atoms with E-state index >= 15 is 0 Å². The van der Waals surface area contributed by atoms with Crippen LogP contribution in [0.5, 0.6) is 0 Å². The van der Waals surface area contributed by atoms with E-state index in [9.17, 15) is 8.78 Å². The van der Waals surface area contributed by atoms with Crippen LogP contribution in [0.15, 0.2) is 6.07 Å². The maximum absolute atomic E-state index is 12.7. The summed E-state index contributed by atoms with van der Waals surface area (Å²) in [6.07, 6.45) is -2.45. The minimum Gasteiger partial charge on any atom is -0.330 e. The van der Waals surface area contributed by atoms with E-state index in [1.807, 2.05) is 20.8 Å². The van der Waals surface area contributed by atoms with Gasteiger partial charge in [0, 0.05) is 24.7 Å². The Morgan fingerprint density at radius 2 is 2.00 bits per heavy atom. The van der Waals surface area contributed by atoms with E-state index in [-0.39, 0.29) is 12.0 Å². The quantitative estimate of drug-likeness (QED) is 0.865. The Morgan fingerprint density at radius 3 is 2.31 bits per heavy atom. The zero-order valence-electron chi connectivity index (χ0n) is 10.2. The maximum Gasteiger partial charge on any atom is 0.248 e. The number of hydrogen-bond acceptors (Lipinski definition) is 2.